The summed E-state index contributed by atoms with van der Waals surface area (Å²) in [7, 11) is -3.95. The van der Waals surface area contributed by atoms with E-state index in [9.17, 15) is 13.5 Å². The number of rotatable bonds is 10. The van der Waals surface area contributed by atoms with Crippen LogP contribution in [-0.4, -0.2) is 29.7 Å². The minimum atomic E-state index is -3.95. The van der Waals surface area contributed by atoms with Gasteiger partial charge in [-0.05, 0) is 77.6 Å². The first-order valence-electron chi connectivity index (χ1n) is 14.7. The van der Waals surface area contributed by atoms with Crippen molar-refractivity contribution in [3.63, 3.8) is 0 Å². The molecule has 0 spiro atoms. The number of aromatic nitrogens is 2. The van der Waals surface area contributed by atoms with Crippen molar-refractivity contribution in [1.82, 2.24) is 14.3 Å². The van der Waals surface area contributed by atoms with Crippen LogP contribution in [0.5, 0.6) is 5.75 Å². The lowest BCUT2D eigenvalue weighted by Gasteiger charge is -2.16. The molecule has 0 radical (unpaired) electrons. The van der Waals surface area contributed by atoms with Crippen molar-refractivity contribution in [2.24, 2.45) is 5.92 Å². The van der Waals surface area contributed by atoms with Gasteiger partial charge in [-0.3, -0.25) is 0 Å². The van der Waals surface area contributed by atoms with E-state index < -0.39 is 16.1 Å². The predicted molar refractivity (Wildman–Crippen MR) is 184 cm³/mol. The molecule has 5 aromatic rings. The van der Waals surface area contributed by atoms with E-state index in [0.29, 0.717) is 57.4 Å². The Morgan fingerprint density at radius 3 is 2.39 bits per heavy atom. The Morgan fingerprint density at radius 2 is 1.67 bits per heavy atom. The molecule has 11 heteroatoms. The van der Waals surface area contributed by atoms with Gasteiger partial charge in [-0.25, -0.2) is 14.0 Å². The largest absolute Gasteiger partial charge is 0.494 e. The van der Waals surface area contributed by atoms with E-state index in [2.05, 4.69) is 55.0 Å². The molecule has 0 atom stereocenters. The van der Waals surface area contributed by atoms with Crippen molar-refractivity contribution in [2.75, 3.05) is 10.9 Å². The highest BCUT2D eigenvalue weighted by molar-refractivity contribution is 7.91. The summed E-state index contributed by atoms with van der Waals surface area (Å²) >= 11 is 12.7. The fourth-order valence-electron chi connectivity index (χ4n) is 5.15. The van der Waals surface area contributed by atoms with Gasteiger partial charge in [-0.2, -0.15) is 8.42 Å². The molecule has 0 fully saturated rings. The summed E-state index contributed by atoms with van der Waals surface area (Å²) in [6.07, 6.45) is 4.47. The van der Waals surface area contributed by atoms with Crippen molar-refractivity contribution in [1.29, 1.82) is 0 Å². The molecule has 2 heterocycles. The van der Waals surface area contributed by atoms with Gasteiger partial charge in [0.25, 0.3) is 0 Å². The topological polar surface area (TPSA) is 96.7 Å². The molecule has 46 heavy (non-hydrogen) atoms. The Labute approximate surface area is 278 Å². The first-order chi connectivity index (χ1) is 22.1. The Morgan fingerprint density at radius 1 is 0.913 bits per heavy atom. The van der Waals surface area contributed by atoms with Crippen molar-refractivity contribution in [2.45, 2.75) is 26.7 Å². The van der Waals surface area contributed by atoms with Crippen LogP contribution in [0.3, 0.4) is 0 Å². The SMILES string of the molecule is CC(C)CCOc1cccc(-c2ccc(Cc3nc(-c4ccc(Cl)cc4Cl)cn3-c3cccc(N4C=C(O)NS4(=O)=O)c3)cc2)c1. The zero-order chi connectivity index (χ0) is 32.4. The minimum Gasteiger partial charge on any atom is -0.494 e. The van der Waals surface area contributed by atoms with Crippen LogP contribution in [0.25, 0.3) is 28.1 Å². The summed E-state index contributed by atoms with van der Waals surface area (Å²) in [6.45, 7) is 5.05. The van der Waals surface area contributed by atoms with Gasteiger partial charge in [0, 0.05) is 28.9 Å². The van der Waals surface area contributed by atoms with Crippen molar-refractivity contribution >= 4 is 39.1 Å². The number of hydrogen-bond acceptors (Lipinski definition) is 5. The number of anilines is 1. The third kappa shape index (κ3) is 7.02. The predicted octanol–water partition coefficient (Wildman–Crippen LogP) is 8.54. The molecular formula is C35H32Cl2N4O4S. The molecule has 1 aliphatic rings. The van der Waals surface area contributed by atoms with E-state index in [1.807, 2.05) is 35.0 Å². The zero-order valence-corrected chi connectivity index (χ0v) is 27.5. The summed E-state index contributed by atoms with van der Waals surface area (Å²) in [5.74, 6) is 1.69. The average molecular weight is 676 g/mol. The summed E-state index contributed by atoms with van der Waals surface area (Å²) in [5, 5.41) is 10.8. The monoisotopic (exact) mass is 674 g/mol. The normalized spacial score (nSPS) is 13.9. The van der Waals surface area contributed by atoms with E-state index in [1.165, 1.54) is 0 Å². The van der Waals surface area contributed by atoms with E-state index in [4.69, 9.17) is 32.9 Å². The first-order valence-corrected chi connectivity index (χ1v) is 16.9. The second-order valence-electron chi connectivity index (χ2n) is 11.4. The van der Waals surface area contributed by atoms with Crippen molar-refractivity contribution in [3.05, 3.63) is 131 Å². The van der Waals surface area contributed by atoms with Gasteiger partial charge in [0.15, 0.2) is 0 Å². The van der Waals surface area contributed by atoms with Crippen LogP contribution >= 0.6 is 23.2 Å². The zero-order valence-electron chi connectivity index (χ0n) is 25.2. The van der Waals surface area contributed by atoms with Gasteiger partial charge < -0.3 is 14.4 Å². The molecule has 0 bridgehead atoms. The molecule has 2 N–H and O–H groups in total. The van der Waals surface area contributed by atoms with Gasteiger partial charge in [0.05, 0.1) is 29.2 Å². The van der Waals surface area contributed by atoms with Crippen LogP contribution in [-0.2, 0) is 16.6 Å². The molecule has 0 saturated heterocycles. The van der Waals surface area contributed by atoms with Crippen LogP contribution < -0.4 is 13.8 Å². The molecule has 1 aliphatic heterocycles. The van der Waals surface area contributed by atoms with Crippen LogP contribution in [0.1, 0.15) is 31.7 Å². The number of ether oxygens (including phenoxy) is 1. The Balaban J connectivity index is 1.32. The highest BCUT2D eigenvalue weighted by atomic mass is 35.5. The molecule has 8 nitrogen and oxygen atoms in total. The average Bonchev–Trinajstić information content (AvgIpc) is 3.56. The summed E-state index contributed by atoms with van der Waals surface area (Å²) in [6, 6.07) is 28.6. The quantitative estimate of drug-likeness (QED) is 0.155. The molecular weight excluding hydrogens is 643 g/mol. The lowest BCUT2D eigenvalue weighted by molar-refractivity contribution is 0.289. The number of nitrogens with zero attached hydrogens (tertiary/aromatic N) is 3. The second-order valence-corrected chi connectivity index (χ2v) is 13.8. The number of nitrogens with one attached hydrogen (secondary N) is 1. The molecule has 6 rings (SSSR count). The fourth-order valence-corrected chi connectivity index (χ4v) is 6.70. The highest BCUT2D eigenvalue weighted by Crippen LogP contribution is 2.33. The van der Waals surface area contributed by atoms with Gasteiger partial charge >= 0.3 is 10.2 Å². The van der Waals surface area contributed by atoms with E-state index in [1.54, 1.807) is 30.3 Å². The van der Waals surface area contributed by atoms with Crippen LogP contribution in [0.15, 0.2) is 109 Å². The summed E-state index contributed by atoms with van der Waals surface area (Å²) < 4.78 is 36.0. The van der Waals surface area contributed by atoms with Crippen LogP contribution in [0, 0.1) is 5.92 Å². The molecule has 236 valence electrons. The van der Waals surface area contributed by atoms with Crippen molar-refractivity contribution in [3.8, 4) is 33.8 Å². The third-order valence-corrected chi connectivity index (χ3v) is 9.38. The van der Waals surface area contributed by atoms with Gasteiger partial charge in [0.2, 0.25) is 5.88 Å². The number of benzene rings is 4. The maximum Gasteiger partial charge on any atom is 0.330 e. The maximum atomic E-state index is 12.6. The van der Waals surface area contributed by atoms with Crippen molar-refractivity contribution < 1.29 is 18.3 Å². The number of aliphatic hydroxyl groups is 1. The lowest BCUT2D eigenvalue weighted by Crippen LogP contribution is -2.29. The first kappa shape index (κ1) is 31.5. The van der Waals surface area contributed by atoms with E-state index >= 15 is 0 Å². The molecule has 1 aromatic heterocycles. The minimum absolute atomic E-state index is 0.347. The maximum absolute atomic E-state index is 12.6. The number of imidazole rings is 1. The Kier molecular flexibility index (Phi) is 8.99. The molecule has 4 aromatic carbocycles. The number of halogens is 2. The van der Waals surface area contributed by atoms with E-state index in [0.717, 1.165) is 39.4 Å². The van der Waals surface area contributed by atoms with Gasteiger partial charge in [-0.1, -0.05) is 79.5 Å². The molecule has 0 aliphatic carbocycles. The molecule has 0 unspecified atom stereocenters. The molecule has 0 saturated carbocycles. The third-order valence-electron chi connectivity index (χ3n) is 7.53. The summed E-state index contributed by atoms with van der Waals surface area (Å²) in [4.78, 5) is 4.97. The lowest BCUT2D eigenvalue weighted by atomic mass is 10.0. The van der Waals surface area contributed by atoms with Gasteiger partial charge in [0.1, 0.15) is 11.6 Å². The smallest absolute Gasteiger partial charge is 0.330 e. The van der Waals surface area contributed by atoms with E-state index in [-0.39, 0.29) is 0 Å². The standard InChI is InChI=1S/C35H32Cl2N4O4S/c1-23(2)15-16-45-30-8-3-5-26(18-30)25-11-9-24(10-12-25)17-34-38-33(31-14-13-27(36)19-32(31)37)21-40(34)28-6-4-7-29(20-28)41-22-35(42)39-46(41,43)44/h3-14,18-23,39,42H,15-17H2,1-2H3. The highest BCUT2D eigenvalue weighted by Gasteiger charge is 2.29. The Bertz CT molecular complexity index is 2020. The van der Waals surface area contributed by atoms with Crippen LogP contribution in [0.4, 0.5) is 5.69 Å². The fraction of sp³-hybridized carbons (Fsp3) is 0.171. The molecule has 0 amide bonds. The number of hydrogen-bond donors (Lipinski definition) is 2. The Hall–Kier alpha value is -4.44. The van der Waals surface area contributed by atoms with Gasteiger partial charge in [-0.15, -0.1) is 0 Å². The number of aliphatic hydroxyl groups excluding tert-OH is 1. The van der Waals surface area contributed by atoms with Crippen LogP contribution in [0.2, 0.25) is 10.0 Å². The second kappa shape index (κ2) is 13.1. The summed E-state index contributed by atoms with van der Waals surface area (Å²) in [5.41, 5.74) is 5.55.